The first-order valence-electron chi connectivity index (χ1n) is 8.24. The summed E-state index contributed by atoms with van der Waals surface area (Å²) in [7, 11) is -1.56. The molecule has 0 amide bonds. The molecule has 2 aromatic carbocycles. The molecule has 22 heavy (non-hydrogen) atoms. The van der Waals surface area contributed by atoms with Gasteiger partial charge in [0.25, 0.3) is 0 Å². The van der Waals surface area contributed by atoms with Gasteiger partial charge in [0.1, 0.15) is 8.07 Å². The molecule has 114 valence electrons. The average molecular weight is 307 g/mol. The minimum atomic E-state index is -1.56. The lowest BCUT2D eigenvalue weighted by Gasteiger charge is -2.26. The SMILES string of the molecule is C=C(C[C@@H]1C[C@@]1(C)c1ccccc1)[Si](C)(C)c1ccccc1. The van der Waals surface area contributed by atoms with Crippen LogP contribution in [-0.2, 0) is 5.41 Å². The number of rotatable bonds is 5. The Hall–Kier alpha value is -1.60. The first kappa shape index (κ1) is 15.3. The van der Waals surface area contributed by atoms with Crippen LogP contribution in [0, 0.1) is 5.92 Å². The van der Waals surface area contributed by atoms with Gasteiger partial charge in [-0.3, -0.25) is 0 Å². The Morgan fingerprint density at radius 1 is 1.05 bits per heavy atom. The third kappa shape index (κ3) is 2.70. The summed E-state index contributed by atoms with van der Waals surface area (Å²) in [5, 5.41) is 2.99. The van der Waals surface area contributed by atoms with Gasteiger partial charge in [0.05, 0.1) is 0 Å². The van der Waals surface area contributed by atoms with Crippen molar-refractivity contribution in [2.45, 2.75) is 38.3 Å². The third-order valence-electron chi connectivity index (χ3n) is 5.72. The lowest BCUT2D eigenvalue weighted by Crippen LogP contribution is -2.43. The van der Waals surface area contributed by atoms with Crippen molar-refractivity contribution in [2.24, 2.45) is 5.92 Å². The van der Waals surface area contributed by atoms with Crippen molar-refractivity contribution >= 4 is 13.3 Å². The van der Waals surface area contributed by atoms with Gasteiger partial charge in [-0.1, -0.05) is 91.1 Å². The highest BCUT2D eigenvalue weighted by Gasteiger charge is 2.51. The Kier molecular flexibility index (Phi) is 3.86. The molecule has 2 atom stereocenters. The summed E-state index contributed by atoms with van der Waals surface area (Å²) >= 11 is 0. The molecule has 0 heterocycles. The van der Waals surface area contributed by atoms with E-state index in [4.69, 9.17) is 0 Å². The van der Waals surface area contributed by atoms with Gasteiger partial charge in [-0.15, -0.1) is 6.58 Å². The molecule has 1 heteroatoms. The smallest absolute Gasteiger partial charge is 0.103 e. The van der Waals surface area contributed by atoms with Crippen LogP contribution in [0.4, 0.5) is 0 Å². The summed E-state index contributed by atoms with van der Waals surface area (Å²) in [6.45, 7) is 11.8. The van der Waals surface area contributed by atoms with Crippen LogP contribution in [0.5, 0.6) is 0 Å². The fourth-order valence-corrected chi connectivity index (χ4v) is 5.73. The van der Waals surface area contributed by atoms with Crippen LogP contribution < -0.4 is 5.19 Å². The number of allylic oxidation sites excluding steroid dienone is 1. The third-order valence-corrected chi connectivity index (χ3v) is 9.47. The van der Waals surface area contributed by atoms with Crippen molar-refractivity contribution in [1.29, 1.82) is 0 Å². The second kappa shape index (κ2) is 5.55. The fraction of sp³-hybridized carbons (Fsp3) is 0.333. The summed E-state index contributed by atoms with van der Waals surface area (Å²) < 4.78 is 0. The van der Waals surface area contributed by atoms with E-state index in [9.17, 15) is 0 Å². The van der Waals surface area contributed by atoms with Gasteiger partial charge in [-0.2, -0.15) is 0 Å². The molecule has 0 unspecified atom stereocenters. The van der Waals surface area contributed by atoms with Crippen molar-refractivity contribution in [3.63, 3.8) is 0 Å². The predicted molar refractivity (Wildman–Crippen MR) is 99.2 cm³/mol. The lowest BCUT2D eigenvalue weighted by molar-refractivity contribution is 0.661. The highest BCUT2D eigenvalue weighted by molar-refractivity contribution is 6.95. The normalized spacial score (nSPS) is 24.0. The Morgan fingerprint density at radius 3 is 2.18 bits per heavy atom. The Bertz CT molecular complexity index is 657. The number of benzene rings is 2. The zero-order chi connectivity index (χ0) is 15.8. The predicted octanol–water partition coefficient (Wildman–Crippen LogP) is 5.07. The first-order chi connectivity index (χ1) is 10.4. The molecular formula is C21H26Si. The standard InChI is InChI=1S/C21H26Si/c1-17(22(3,4)20-13-9-6-10-14-20)15-19-16-21(19,2)18-11-7-5-8-12-18/h5-14,19H,1,15-16H2,2-4H3/t19-,21+/m1/s1. The second-order valence-corrected chi connectivity index (χ2v) is 12.0. The second-order valence-electron chi connectivity index (χ2n) is 7.48. The molecule has 0 saturated heterocycles. The van der Waals surface area contributed by atoms with Crippen molar-refractivity contribution in [3.8, 4) is 0 Å². The van der Waals surface area contributed by atoms with E-state index in [1.807, 2.05) is 0 Å². The highest BCUT2D eigenvalue weighted by atomic mass is 28.3. The van der Waals surface area contributed by atoms with E-state index in [1.165, 1.54) is 28.8 Å². The Labute approximate surface area is 135 Å². The molecule has 0 N–H and O–H groups in total. The van der Waals surface area contributed by atoms with Crippen molar-refractivity contribution in [3.05, 3.63) is 78.0 Å². The molecule has 0 nitrogen and oxygen atoms in total. The van der Waals surface area contributed by atoms with Crippen LogP contribution in [0.15, 0.2) is 72.4 Å². The summed E-state index contributed by atoms with van der Waals surface area (Å²) in [6.07, 6.45) is 2.48. The molecule has 1 fully saturated rings. The largest absolute Gasteiger partial charge is 0.106 e. The van der Waals surface area contributed by atoms with Crippen LogP contribution in [-0.4, -0.2) is 8.07 Å². The van der Waals surface area contributed by atoms with Crippen LogP contribution >= 0.6 is 0 Å². The maximum absolute atomic E-state index is 4.50. The topological polar surface area (TPSA) is 0 Å². The maximum atomic E-state index is 4.50. The van der Waals surface area contributed by atoms with E-state index in [1.54, 1.807) is 0 Å². The van der Waals surface area contributed by atoms with E-state index < -0.39 is 8.07 Å². The zero-order valence-electron chi connectivity index (χ0n) is 14.0. The quantitative estimate of drug-likeness (QED) is 0.677. The maximum Gasteiger partial charge on any atom is 0.106 e. The van der Waals surface area contributed by atoms with E-state index in [2.05, 4.69) is 87.3 Å². The molecule has 1 aliphatic carbocycles. The molecular weight excluding hydrogens is 280 g/mol. The van der Waals surface area contributed by atoms with Gasteiger partial charge in [0, 0.05) is 0 Å². The van der Waals surface area contributed by atoms with Crippen LogP contribution in [0.1, 0.15) is 25.3 Å². The van der Waals surface area contributed by atoms with Gasteiger partial charge in [0.15, 0.2) is 0 Å². The van der Waals surface area contributed by atoms with Gasteiger partial charge in [0.2, 0.25) is 0 Å². The van der Waals surface area contributed by atoms with Gasteiger partial charge < -0.3 is 0 Å². The first-order valence-corrected chi connectivity index (χ1v) is 11.2. The van der Waals surface area contributed by atoms with Gasteiger partial charge in [-0.05, 0) is 29.7 Å². The van der Waals surface area contributed by atoms with Crippen LogP contribution in [0.2, 0.25) is 13.1 Å². The number of hydrogen-bond acceptors (Lipinski definition) is 0. The van der Waals surface area contributed by atoms with Crippen LogP contribution in [0.25, 0.3) is 0 Å². The fourth-order valence-electron chi connectivity index (χ4n) is 3.53. The molecule has 0 spiro atoms. The minimum Gasteiger partial charge on any atom is -0.103 e. The molecule has 3 rings (SSSR count). The van der Waals surface area contributed by atoms with E-state index in [-0.39, 0.29) is 0 Å². The van der Waals surface area contributed by atoms with Gasteiger partial charge in [-0.25, -0.2) is 0 Å². The van der Waals surface area contributed by atoms with Crippen molar-refractivity contribution < 1.29 is 0 Å². The molecule has 0 aromatic heterocycles. The molecule has 1 saturated carbocycles. The minimum absolute atomic E-state index is 0.366. The van der Waals surface area contributed by atoms with Gasteiger partial charge >= 0.3 is 0 Å². The van der Waals surface area contributed by atoms with E-state index in [0.717, 1.165) is 5.92 Å². The number of hydrogen-bond donors (Lipinski definition) is 0. The molecule has 2 aromatic rings. The molecule has 0 radical (unpaired) electrons. The van der Waals surface area contributed by atoms with E-state index >= 15 is 0 Å². The lowest BCUT2D eigenvalue weighted by atomic mass is 9.94. The zero-order valence-corrected chi connectivity index (χ0v) is 15.0. The van der Waals surface area contributed by atoms with Crippen molar-refractivity contribution in [1.82, 2.24) is 0 Å². The Morgan fingerprint density at radius 2 is 1.59 bits per heavy atom. The summed E-state index contributed by atoms with van der Waals surface area (Å²) in [5.41, 5.74) is 1.86. The summed E-state index contributed by atoms with van der Waals surface area (Å²) in [4.78, 5) is 0. The molecule has 0 bridgehead atoms. The summed E-state index contributed by atoms with van der Waals surface area (Å²) in [6, 6.07) is 22.0. The Balaban J connectivity index is 1.71. The summed E-state index contributed by atoms with van der Waals surface area (Å²) in [5.74, 6) is 0.762. The van der Waals surface area contributed by atoms with Crippen molar-refractivity contribution in [2.75, 3.05) is 0 Å². The van der Waals surface area contributed by atoms with E-state index in [0.29, 0.717) is 5.41 Å². The molecule has 0 aliphatic heterocycles. The average Bonchev–Trinajstić information content (AvgIpc) is 3.20. The van der Waals surface area contributed by atoms with Crippen LogP contribution in [0.3, 0.4) is 0 Å². The molecule has 1 aliphatic rings. The highest BCUT2D eigenvalue weighted by Crippen LogP contribution is 2.56. The monoisotopic (exact) mass is 306 g/mol.